The maximum absolute atomic E-state index is 4.51. The fourth-order valence-electron chi connectivity index (χ4n) is 2.30. The van der Waals surface area contributed by atoms with Gasteiger partial charge in [0, 0.05) is 11.4 Å². The molecule has 0 aliphatic carbocycles. The lowest BCUT2D eigenvalue weighted by Gasteiger charge is -2.19. The van der Waals surface area contributed by atoms with Crippen LogP contribution in [0.4, 0.5) is 0 Å². The first kappa shape index (κ1) is 17.2. The van der Waals surface area contributed by atoms with E-state index in [-0.39, 0.29) is 6.04 Å². The van der Waals surface area contributed by atoms with Crippen LogP contribution in [0.3, 0.4) is 0 Å². The molecule has 1 unspecified atom stereocenters. The zero-order valence-corrected chi connectivity index (χ0v) is 16.6. The van der Waals surface area contributed by atoms with Crippen molar-refractivity contribution in [1.29, 1.82) is 0 Å². The van der Waals surface area contributed by atoms with Gasteiger partial charge in [-0.15, -0.1) is 11.3 Å². The number of rotatable bonds is 7. The molecule has 2 heterocycles. The van der Waals surface area contributed by atoms with Gasteiger partial charge in [0.1, 0.15) is 0 Å². The normalized spacial score (nSPS) is 12.8. The molecular formula is C15H21Br2N3S. The molecule has 6 heteroatoms. The van der Waals surface area contributed by atoms with E-state index < -0.39 is 0 Å². The Labute approximate surface area is 147 Å². The molecule has 0 radical (unpaired) electrons. The Bertz CT molecular complexity index is 572. The molecule has 21 heavy (non-hydrogen) atoms. The lowest BCUT2D eigenvalue weighted by molar-refractivity contribution is 0.514. The monoisotopic (exact) mass is 433 g/mol. The summed E-state index contributed by atoms with van der Waals surface area (Å²) in [6, 6.07) is 2.45. The quantitative estimate of drug-likeness (QED) is 0.642. The Hall–Kier alpha value is -0.170. The minimum atomic E-state index is 0.184. The van der Waals surface area contributed by atoms with Crippen LogP contribution in [0, 0.1) is 6.92 Å². The Morgan fingerprint density at radius 2 is 2.10 bits per heavy atom. The first-order valence-electron chi connectivity index (χ1n) is 7.28. The van der Waals surface area contributed by atoms with Gasteiger partial charge in [-0.3, -0.25) is 4.68 Å². The second-order valence-electron chi connectivity index (χ2n) is 5.09. The lowest BCUT2D eigenvalue weighted by atomic mass is 10.1. The summed E-state index contributed by atoms with van der Waals surface area (Å²) < 4.78 is 4.39. The molecule has 2 rings (SSSR count). The summed E-state index contributed by atoms with van der Waals surface area (Å²) in [6.45, 7) is 8.44. The topological polar surface area (TPSA) is 29.9 Å². The first-order chi connectivity index (χ1) is 10.1. The van der Waals surface area contributed by atoms with Crippen LogP contribution < -0.4 is 5.32 Å². The highest BCUT2D eigenvalue weighted by molar-refractivity contribution is 9.11. The standard InChI is InChI=1S/C15H21Br2N3S/c1-4-6-18-13(12-8-10(3)15(17)21-12)14-11(16)9-19-20(14)7-5-2/h8-9,13,18H,4-7H2,1-3H3. The molecule has 0 aliphatic heterocycles. The third-order valence-electron chi connectivity index (χ3n) is 3.30. The van der Waals surface area contributed by atoms with Gasteiger partial charge in [0.25, 0.3) is 0 Å². The highest BCUT2D eigenvalue weighted by Crippen LogP contribution is 2.36. The number of hydrogen-bond acceptors (Lipinski definition) is 3. The van der Waals surface area contributed by atoms with Crippen molar-refractivity contribution in [3.63, 3.8) is 0 Å². The maximum atomic E-state index is 4.51. The van der Waals surface area contributed by atoms with E-state index in [4.69, 9.17) is 0 Å². The van der Waals surface area contributed by atoms with Crippen molar-refractivity contribution in [2.45, 2.75) is 46.2 Å². The minimum absolute atomic E-state index is 0.184. The average molecular weight is 435 g/mol. The van der Waals surface area contributed by atoms with Crippen molar-refractivity contribution in [2.75, 3.05) is 6.54 Å². The van der Waals surface area contributed by atoms with Crippen molar-refractivity contribution in [2.24, 2.45) is 0 Å². The third-order valence-corrected chi connectivity index (χ3v) is 6.11. The lowest BCUT2D eigenvalue weighted by Crippen LogP contribution is -2.25. The Kier molecular flexibility index (Phi) is 6.47. The van der Waals surface area contributed by atoms with Gasteiger partial charge in [-0.05, 0) is 69.8 Å². The van der Waals surface area contributed by atoms with Crippen molar-refractivity contribution in [3.8, 4) is 0 Å². The number of halogens is 2. The Morgan fingerprint density at radius 1 is 1.33 bits per heavy atom. The molecule has 1 N–H and O–H groups in total. The van der Waals surface area contributed by atoms with E-state index in [1.807, 2.05) is 6.20 Å². The number of thiophene rings is 1. The summed E-state index contributed by atoms with van der Waals surface area (Å²) >= 11 is 9.11. The molecular weight excluding hydrogens is 414 g/mol. The molecule has 0 saturated carbocycles. The first-order valence-corrected chi connectivity index (χ1v) is 9.69. The summed E-state index contributed by atoms with van der Waals surface area (Å²) in [6.07, 6.45) is 4.09. The van der Waals surface area contributed by atoms with Crippen molar-refractivity contribution < 1.29 is 0 Å². The van der Waals surface area contributed by atoms with Gasteiger partial charge in [0.05, 0.1) is 26.2 Å². The van der Waals surface area contributed by atoms with Crippen molar-refractivity contribution in [3.05, 3.63) is 36.7 Å². The molecule has 0 saturated heterocycles. The molecule has 2 aromatic heterocycles. The molecule has 0 bridgehead atoms. The van der Waals surface area contributed by atoms with Crippen LogP contribution in [-0.4, -0.2) is 16.3 Å². The van der Waals surface area contributed by atoms with Crippen LogP contribution in [0.5, 0.6) is 0 Å². The molecule has 0 aromatic carbocycles. The molecule has 0 spiro atoms. The zero-order valence-electron chi connectivity index (χ0n) is 12.6. The van der Waals surface area contributed by atoms with Gasteiger partial charge in [-0.25, -0.2) is 0 Å². The van der Waals surface area contributed by atoms with Crippen LogP contribution in [0.15, 0.2) is 20.5 Å². The van der Waals surface area contributed by atoms with E-state index >= 15 is 0 Å². The summed E-state index contributed by atoms with van der Waals surface area (Å²) in [5, 5.41) is 8.18. The van der Waals surface area contributed by atoms with Crippen molar-refractivity contribution in [1.82, 2.24) is 15.1 Å². The second kappa shape index (κ2) is 7.90. The van der Waals surface area contributed by atoms with Crippen LogP contribution >= 0.6 is 43.2 Å². The number of nitrogens with one attached hydrogen (secondary N) is 1. The van der Waals surface area contributed by atoms with E-state index in [0.29, 0.717) is 0 Å². The SMILES string of the molecule is CCCNC(c1cc(C)c(Br)s1)c1c(Br)cnn1CCC. The second-order valence-corrected chi connectivity index (χ2v) is 8.35. The molecule has 3 nitrogen and oxygen atoms in total. The summed E-state index contributed by atoms with van der Waals surface area (Å²) in [5.74, 6) is 0. The van der Waals surface area contributed by atoms with Crippen LogP contribution in [0.25, 0.3) is 0 Å². The van der Waals surface area contributed by atoms with Crippen molar-refractivity contribution >= 4 is 43.2 Å². The van der Waals surface area contributed by atoms with Gasteiger partial charge in [-0.2, -0.15) is 5.10 Å². The van der Waals surface area contributed by atoms with Gasteiger partial charge >= 0.3 is 0 Å². The van der Waals surface area contributed by atoms with E-state index in [2.05, 4.69) is 73.8 Å². The zero-order chi connectivity index (χ0) is 15.4. The van der Waals surface area contributed by atoms with Gasteiger partial charge in [0.2, 0.25) is 0 Å². The van der Waals surface area contributed by atoms with E-state index in [0.717, 1.165) is 30.4 Å². The van der Waals surface area contributed by atoms with Crippen LogP contribution in [0.2, 0.25) is 0 Å². The number of aromatic nitrogens is 2. The third kappa shape index (κ3) is 3.97. The predicted molar refractivity (Wildman–Crippen MR) is 97.1 cm³/mol. The summed E-state index contributed by atoms with van der Waals surface area (Å²) in [4.78, 5) is 1.33. The molecule has 0 amide bonds. The fraction of sp³-hybridized carbons (Fsp3) is 0.533. The summed E-state index contributed by atoms with van der Waals surface area (Å²) in [7, 11) is 0. The minimum Gasteiger partial charge on any atom is -0.304 e. The predicted octanol–water partition coefficient (Wildman–Crippen LogP) is 5.28. The molecule has 2 aromatic rings. The Balaban J connectivity index is 2.42. The Morgan fingerprint density at radius 3 is 2.67 bits per heavy atom. The molecule has 0 fully saturated rings. The smallest absolute Gasteiger partial charge is 0.0853 e. The highest BCUT2D eigenvalue weighted by atomic mass is 79.9. The summed E-state index contributed by atoms with van der Waals surface area (Å²) in [5.41, 5.74) is 2.51. The fourth-order valence-corrected chi connectivity index (χ4v) is 4.47. The maximum Gasteiger partial charge on any atom is 0.0853 e. The number of aryl methyl sites for hydroxylation is 2. The van der Waals surface area contributed by atoms with E-state index in [1.54, 1.807) is 11.3 Å². The van der Waals surface area contributed by atoms with Crippen LogP contribution in [-0.2, 0) is 6.54 Å². The number of hydrogen-bond donors (Lipinski definition) is 1. The average Bonchev–Trinajstić information content (AvgIpc) is 2.97. The van der Waals surface area contributed by atoms with Gasteiger partial charge in [-0.1, -0.05) is 13.8 Å². The van der Waals surface area contributed by atoms with E-state index in [1.165, 1.54) is 19.9 Å². The van der Waals surface area contributed by atoms with E-state index in [9.17, 15) is 0 Å². The number of nitrogens with zero attached hydrogens (tertiary/aromatic N) is 2. The molecule has 116 valence electrons. The van der Waals surface area contributed by atoms with Crippen LogP contribution in [0.1, 0.15) is 48.9 Å². The largest absolute Gasteiger partial charge is 0.304 e. The molecule has 0 aliphatic rings. The highest BCUT2D eigenvalue weighted by Gasteiger charge is 2.23. The van der Waals surface area contributed by atoms with Gasteiger partial charge < -0.3 is 5.32 Å². The van der Waals surface area contributed by atoms with Gasteiger partial charge in [0.15, 0.2) is 0 Å². The molecule has 1 atom stereocenters.